The first kappa shape index (κ1) is 12.8. The van der Waals surface area contributed by atoms with Crippen molar-refractivity contribution in [2.75, 3.05) is 6.54 Å². The van der Waals surface area contributed by atoms with E-state index in [2.05, 4.69) is 20.8 Å². The number of hydrogen-bond acceptors (Lipinski definition) is 2. The van der Waals surface area contributed by atoms with Crippen molar-refractivity contribution in [1.82, 2.24) is 4.90 Å². The molecule has 1 aliphatic heterocycles. The number of carbonyl (C=O) groups is 2. The van der Waals surface area contributed by atoms with Crippen LogP contribution in [0.15, 0.2) is 24.3 Å². The van der Waals surface area contributed by atoms with Crippen LogP contribution < -0.4 is 0 Å². The molecule has 1 radical (unpaired) electrons. The molecule has 1 aromatic carbocycles. The van der Waals surface area contributed by atoms with Crippen LogP contribution in [0, 0.1) is 12.3 Å². The molecule has 3 heteroatoms. The number of carbonyl (C=O) groups excluding carboxylic acids is 2. The molecule has 2 rings (SSSR count). The Labute approximate surface area is 108 Å². The number of imide groups is 1. The van der Waals surface area contributed by atoms with E-state index in [0.717, 1.165) is 12.8 Å². The summed E-state index contributed by atoms with van der Waals surface area (Å²) in [7, 11) is 0. The smallest absolute Gasteiger partial charge is 0.261 e. The number of benzene rings is 1. The van der Waals surface area contributed by atoms with Gasteiger partial charge in [0.15, 0.2) is 0 Å². The van der Waals surface area contributed by atoms with Gasteiger partial charge < -0.3 is 0 Å². The molecule has 0 atom stereocenters. The molecular formula is C15H18NO2. The van der Waals surface area contributed by atoms with Gasteiger partial charge in [-0.2, -0.15) is 0 Å². The second-order valence-electron chi connectivity index (χ2n) is 5.58. The van der Waals surface area contributed by atoms with E-state index >= 15 is 0 Å². The molecule has 0 aromatic heterocycles. The van der Waals surface area contributed by atoms with Crippen molar-refractivity contribution < 1.29 is 9.59 Å². The van der Waals surface area contributed by atoms with Gasteiger partial charge in [0.2, 0.25) is 0 Å². The zero-order chi connectivity index (χ0) is 13.3. The highest BCUT2D eigenvalue weighted by atomic mass is 16.2. The predicted octanol–water partition coefficient (Wildman–Crippen LogP) is 2.92. The summed E-state index contributed by atoms with van der Waals surface area (Å²) in [5.41, 5.74) is 1.03. The Bertz CT molecular complexity index is 451. The average Bonchev–Trinajstić information content (AvgIpc) is 2.53. The Morgan fingerprint density at radius 1 is 1.11 bits per heavy atom. The van der Waals surface area contributed by atoms with Crippen molar-refractivity contribution in [2.24, 2.45) is 5.41 Å². The van der Waals surface area contributed by atoms with Crippen LogP contribution >= 0.6 is 0 Å². The van der Waals surface area contributed by atoms with Crippen LogP contribution in [0.1, 0.15) is 47.4 Å². The topological polar surface area (TPSA) is 37.4 Å². The molecule has 18 heavy (non-hydrogen) atoms. The van der Waals surface area contributed by atoms with Gasteiger partial charge in [0.25, 0.3) is 11.8 Å². The third kappa shape index (κ3) is 2.45. The van der Waals surface area contributed by atoms with Crippen LogP contribution in [0.2, 0.25) is 0 Å². The van der Waals surface area contributed by atoms with E-state index in [1.54, 1.807) is 24.3 Å². The van der Waals surface area contributed by atoms with Crippen molar-refractivity contribution in [3.8, 4) is 0 Å². The van der Waals surface area contributed by atoms with Crippen LogP contribution in [-0.2, 0) is 0 Å². The van der Waals surface area contributed by atoms with E-state index < -0.39 is 0 Å². The maximum absolute atomic E-state index is 12.1. The van der Waals surface area contributed by atoms with Gasteiger partial charge in [-0.1, -0.05) is 26.0 Å². The maximum atomic E-state index is 12.1. The maximum Gasteiger partial charge on any atom is 0.261 e. The molecule has 0 saturated heterocycles. The fourth-order valence-corrected chi connectivity index (χ4v) is 2.16. The highest BCUT2D eigenvalue weighted by molar-refractivity contribution is 6.21. The number of nitrogens with zero attached hydrogens (tertiary/aromatic N) is 1. The van der Waals surface area contributed by atoms with Gasteiger partial charge in [-0.15, -0.1) is 0 Å². The van der Waals surface area contributed by atoms with Gasteiger partial charge in [0.1, 0.15) is 0 Å². The van der Waals surface area contributed by atoms with Crippen molar-refractivity contribution >= 4 is 11.8 Å². The minimum atomic E-state index is -0.169. The van der Waals surface area contributed by atoms with E-state index in [0.29, 0.717) is 17.7 Å². The first-order valence-electron chi connectivity index (χ1n) is 6.21. The highest BCUT2D eigenvalue weighted by Crippen LogP contribution is 2.25. The third-order valence-corrected chi connectivity index (χ3v) is 3.11. The van der Waals surface area contributed by atoms with Crippen molar-refractivity contribution in [3.63, 3.8) is 0 Å². The molecule has 0 N–H and O–H groups in total. The minimum absolute atomic E-state index is 0.0152. The molecule has 2 amide bonds. The fourth-order valence-electron chi connectivity index (χ4n) is 2.16. The summed E-state index contributed by atoms with van der Waals surface area (Å²) in [6.07, 6.45) is 1.68. The van der Waals surface area contributed by atoms with Crippen LogP contribution in [0.25, 0.3) is 0 Å². The van der Waals surface area contributed by atoms with Crippen molar-refractivity contribution in [1.29, 1.82) is 0 Å². The lowest BCUT2D eigenvalue weighted by atomic mass is 9.90. The van der Waals surface area contributed by atoms with Crippen molar-refractivity contribution in [2.45, 2.75) is 26.7 Å². The summed E-state index contributed by atoms with van der Waals surface area (Å²) in [5, 5.41) is 0. The molecule has 0 fully saturated rings. The van der Waals surface area contributed by atoms with E-state index in [9.17, 15) is 9.59 Å². The average molecular weight is 244 g/mol. The first-order chi connectivity index (χ1) is 8.40. The number of hydrogen-bond donors (Lipinski definition) is 0. The van der Waals surface area contributed by atoms with Gasteiger partial charge in [-0.25, -0.2) is 0 Å². The lowest BCUT2D eigenvalue weighted by Gasteiger charge is -2.20. The third-order valence-electron chi connectivity index (χ3n) is 3.11. The number of rotatable bonds is 4. The summed E-state index contributed by atoms with van der Waals surface area (Å²) in [4.78, 5) is 25.4. The van der Waals surface area contributed by atoms with Crippen LogP contribution in [-0.4, -0.2) is 23.3 Å². The Morgan fingerprint density at radius 2 is 1.61 bits per heavy atom. The zero-order valence-corrected chi connectivity index (χ0v) is 10.9. The Morgan fingerprint density at radius 3 is 2.06 bits per heavy atom. The molecule has 1 aromatic rings. The quantitative estimate of drug-likeness (QED) is 0.764. The molecule has 0 spiro atoms. The van der Waals surface area contributed by atoms with Gasteiger partial charge in [-0.05, 0) is 37.3 Å². The standard InChI is InChI=1S/C15H18NO2/c1-15(2,3)9-6-10-16-13(17)11-7-4-5-8-12(11)14(16)18/h4-5,7-8H,1,6,9-10H2,2-3H3. The summed E-state index contributed by atoms with van der Waals surface area (Å²) in [6.45, 7) is 8.60. The van der Waals surface area contributed by atoms with E-state index in [1.165, 1.54) is 4.90 Å². The molecule has 0 unspecified atom stereocenters. The number of fused-ring (bicyclic) bond motifs is 1. The summed E-state index contributed by atoms with van der Waals surface area (Å²) in [6, 6.07) is 6.99. The SMILES string of the molecule is [CH2]C(C)(C)CCCN1C(=O)c2ccccc2C1=O. The van der Waals surface area contributed by atoms with Gasteiger partial charge in [0, 0.05) is 6.54 Å². The predicted molar refractivity (Wildman–Crippen MR) is 70.2 cm³/mol. The minimum Gasteiger partial charge on any atom is -0.274 e. The fraction of sp³-hybridized carbons (Fsp3) is 0.400. The monoisotopic (exact) mass is 244 g/mol. The van der Waals surface area contributed by atoms with Gasteiger partial charge in [0.05, 0.1) is 11.1 Å². The van der Waals surface area contributed by atoms with E-state index in [1.807, 2.05) is 0 Å². The molecule has 95 valence electrons. The normalized spacial score (nSPS) is 15.2. The number of amides is 2. The highest BCUT2D eigenvalue weighted by Gasteiger charge is 2.34. The molecule has 1 heterocycles. The first-order valence-corrected chi connectivity index (χ1v) is 6.21. The molecule has 0 aliphatic carbocycles. The van der Waals surface area contributed by atoms with Gasteiger partial charge >= 0.3 is 0 Å². The lowest BCUT2D eigenvalue weighted by Crippen LogP contribution is -2.31. The van der Waals surface area contributed by atoms with Crippen LogP contribution in [0.4, 0.5) is 0 Å². The summed E-state index contributed by atoms with van der Waals surface area (Å²) >= 11 is 0. The molecular weight excluding hydrogens is 226 g/mol. The van der Waals surface area contributed by atoms with Crippen molar-refractivity contribution in [3.05, 3.63) is 42.3 Å². The summed E-state index contributed by atoms with van der Waals surface area (Å²) in [5.74, 6) is -0.338. The molecule has 1 aliphatic rings. The second-order valence-corrected chi connectivity index (χ2v) is 5.58. The molecule has 3 nitrogen and oxygen atoms in total. The Balaban J connectivity index is 2.05. The molecule has 0 bridgehead atoms. The Hall–Kier alpha value is -1.64. The molecule has 0 saturated carbocycles. The van der Waals surface area contributed by atoms with Crippen LogP contribution in [0.5, 0.6) is 0 Å². The van der Waals surface area contributed by atoms with E-state index in [-0.39, 0.29) is 17.2 Å². The summed E-state index contributed by atoms with van der Waals surface area (Å²) < 4.78 is 0. The lowest BCUT2D eigenvalue weighted by molar-refractivity contribution is 0.0648. The van der Waals surface area contributed by atoms with E-state index in [4.69, 9.17) is 0 Å². The van der Waals surface area contributed by atoms with Crippen LogP contribution in [0.3, 0.4) is 0 Å². The zero-order valence-electron chi connectivity index (χ0n) is 10.9. The Kier molecular flexibility index (Phi) is 3.24. The second kappa shape index (κ2) is 4.56. The van der Waals surface area contributed by atoms with Gasteiger partial charge in [-0.3, -0.25) is 14.5 Å². The largest absolute Gasteiger partial charge is 0.274 e.